The number of aromatic hydroxyl groups is 1. The van der Waals surface area contributed by atoms with Crippen LogP contribution in [0.25, 0.3) is 0 Å². The van der Waals surface area contributed by atoms with Crippen LogP contribution in [-0.4, -0.2) is 17.9 Å². The summed E-state index contributed by atoms with van der Waals surface area (Å²) in [5, 5.41) is 10.8. The van der Waals surface area contributed by atoms with E-state index >= 15 is 0 Å². The number of hydrogen-bond acceptors (Lipinski definition) is 3. The second-order valence-electron chi connectivity index (χ2n) is 4.27. The molecule has 0 bridgehead atoms. The molecule has 0 heterocycles. The molecule has 0 unspecified atom stereocenters. The van der Waals surface area contributed by atoms with Crippen molar-refractivity contribution in [3.8, 4) is 11.5 Å². The third-order valence-electron chi connectivity index (χ3n) is 2.91. The molecule has 0 radical (unpaired) electrons. The van der Waals surface area contributed by atoms with Gasteiger partial charge in [-0.15, -0.1) is 0 Å². The fourth-order valence-electron chi connectivity index (χ4n) is 1.79. The lowest BCUT2D eigenvalue weighted by atomic mass is 10.2. The fraction of sp³-hybridized carbons (Fsp3) is 0.188. The van der Waals surface area contributed by atoms with E-state index in [1.165, 1.54) is 0 Å². The van der Waals surface area contributed by atoms with E-state index in [1.807, 2.05) is 38.1 Å². The van der Waals surface area contributed by atoms with Crippen molar-refractivity contribution >= 4 is 23.5 Å². The number of para-hydroxylation sites is 1. The third-order valence-corrected chi connectivity index (χ3v) is 3.32. The Bertz CT molecular complexity index is 638. The Morgan fingerprint density at radius 3 is 2.75 bits per heavy atom. The Morgan fingerprint density at radius 1 is 1.25 bits per heavy atom. The van der Waals surface area contributed by atoms with Crippen molar-refractivity contribution < 1.29 is 9.84 Å². The zero-order valence-electron chi connectivity index (χ0n) is 11.4. The van der Waals surface area contributed by atoms with Gasteiger partial charge in [0.1, 0.15) is 0 Å². The van der Waals surface area contributed by atoms with E-state index < -0.39 is 0 Å². The van der Waals surface area contributed by atoms with Gasteiger partial charge in [-0.3, -0.25) is 4.99 Å². The lowest BCUT2D eigenvalue weighted by molar-refractivity contribution is 0.318. The minimum atomic E-state index is 0.0952. The van der Waals surface area contributed by atoms with Gasteiger partial charge in [-0.2, -0.15) is 0 Å². The van der Waals surface area contributed by atoms with Crippen LogP contribution in [0.15, 0.2) is 41.4 Å². The zero-order valence-corrected chi connectivity index (χ0v) is 12.2. The minimum absolute atomic E-state index is 0.0952. The normalized spacial score (nSPS) is 10.9. The van der Waals surface area contributed by atoms with Gasteiger partial charge in [0, 0.05) is 16.8 Å². The highest BCUT2D eigenvalue weighted by Gasteiger charge is 2.06. The Balaban J connectivity index is 2.32. The Morgan fingerprint density at radius 2 is 2.00 bits per heavy atom. The van der Waals surface area contributed by atoms with Crippen LogP contribution in [0, 0.1) is 6.92 Å². The standard InChI is InChI=1S/C16H16ClNO2/c1-3-20-15-9-4-6-12(16(15)19)10-18-14-8-5-7-13(17)11(14)2/h4-10,19H,3H2,1-2H3. The largest absolute Gasteiger partial charge is 0.504 e. The topological polar surface area (TPSA) is 41.8 Å². The molecule has 2 rings (SSSR count). The molecular weight excluding hydrogens is 274 g/mol. The van der Waals surface area contributed by atoms with Crippen molar-refractivity contribution in [2.45, 2.75) is 13.8 Å². The van der Waals surface area contributed by atoms with E-state index in [-0.39, 0.29) is 5.75 Å². The highest BCUT2D eigenvalue weighted by atomic mass is 35.5. The van der Waals surface area contributed by atoms with Crippen LogP contribution in [0.2, 0.25) is 5.02 Å². The van der Waals surface area contributed by atoms with Crippen molar-refractivity contribution in [2.75, 3.05) is 6.61 Å². The van der Waals surface area contributed by atoms with Gasteiger partial charge in [0.25, 0.3) is 0 Å². The van der Waals surface area contributed by atoms with Gasteiger partial charge in [-0.25, -0.2) is 0 Å². The number of phenols is 1. The van der Waals surface area contributed by atoms with Crippen LogP contribution in [-0.2, 0) is 0 Å². The Labute approximate surface area is 123 Å². The van der Waals surface area contributed by atoms with Crippen LogP contribution < -0.4 is 4.74 Å². The molecule has 4 heteroatoms. The average Bonchev–Trinajstić information content (AvgIpc) is 2.44. The Hall–Kier alpha value is -2.00. The molecule has 3 nitrogen and oxygen atoms in total. The van der Waals surface area contributed by atoms with Crippen molar-refractivity contribution in [1.29, 1.82) is 0 Å². The molecule has 104 valence electrons. The SMILES string of the molecule is CCOc1cccc(C=Nc2cccc(Cl)c2C)c1O. The molecule has 2 aromatic carbocycles. The van der Waals surface area contributed by atoms with Gasteiger partial charge < -0.3 is 9.84 Å². The number of aliphatic imine (C=N–C) groups is 1. The van der Waals surface area contributed by atoms with E-state index in [9.17, 15) is 5.11 Å². The molecule has 20 heavy (non-hydrogen) atoms. The molecule has 1 N–H and O–H groups in total. The predicted octanol–water partition coefficient (Wildman–Crippen LogP) is 4.50. The van der Waals surface area contributed by atoms with E-state index in [2.05, 4.69) is 4.99 Å². The van der Waals surface area contributed by atoms with Crippen LogP contribution in [0.1, 0.15) is 18.1 Å². The van der Waals surface area contributed by atoms with Gasteiger partial charge in [-0.05, 0) is 43.7 Å². The first-order valence-corrected chi connectivity index (χ1v) is 6.75. The fourth-order valence-corrected chi connectivity index (χ4v) is 1.96. The number of phenolic OH excluding ortho intramolecular Hbond substituents is 1. The van der Waals surface area contributed by atoms with Crippen LogP contribution in [0.4, 0.5) is 5.69 Å². The summed E-state index contributed by atoms with van der Waals surface area (Å²) in [6.45, 7) is 4.28. The summed E-state index contributed by atoms with van der Waals surface area (Å²) in [5.74, 6) is 0.553. The molecule has 2 aromatic rings. The highest BCUT2D eigenvalue weighted by molar-refractivity contribution is 6.31. The smallest absolute Gasteiger partial charge is 0.166 e. The van der Waals surface area contributed by atoms with Gasteiger partial charge in [0.15, 0.2) is 11.5 Å². The van der Waals surface area contributed by atoms with Crippen molar-refractivity contribution in [3.05, 3.63) is 52.5 Å². The molecule has 0 saturated heterocycles. The van der Waals surface area contributed by atoms with Gasteiger partial charge in [0.2, 0.25) is 0 Å². The molecular formula is C16H16ClNO2. The van der Waals surface area contributed by atoms with Gasteiger partial charge in [-0.1, -0.05) is 23.7 Å². The molecule has 0 atom stereocenters. The molecule has 0 fully saturated rings. The average molecular weight is 290 g/mol. The summed E-state index contributed by atoms with van der Waals surface area (Å²) in [6.07, 6.45) is 1.61. The lowest BCUT2D eigenvalue weighted by Crippen LogP contribution is -1.93. The van der Waals surface area contributed by atoms with Gasteiger partial charge in [0.05, 0.1) is 12.3 Å². The van der Waals surface area contributed by atoms with Crippen molar-refractivity contribution in [1.82, 2.24) is 0 Å². The highest BCUT2D eigenvalue weighted by Crippen LogP contribution is 2.30. The zero-order chi connectivity index (χ0) is 14.5. The maximum Gasteiger partial charge on any atom is 0.166 e. The maximum absolute atomic E-state index is 10.1. The second kappa shape index (κ2) is 6.44. The van der Waals surface area contributed by atoms with Crippen molar-refractivity contribution in [2.24, 2.45) is 4.99 Å². The first-order chi connectivity index (χ1) is 9.63. The molecule has 0 saturated carbocycles. The predicted molar refractivity (Wildman–Crippen MR) is 82.7 cm³/mol. The van der Waals surface area contributed by atoms with E-state index in [1.54, 1.807) is 18.3 Å². The van der Waals surface area contributed by atoms with E-state index in [4.69, 9.17) is 16.3 Å². The van der Waals surface area contributed by atoms with E-state index in [0.29, 0.717) is 22.9 Å². The molecule has 0 aliphatic carbocycles. The third kappa shape index (κ3) is 3.11. The molecule has 0 aliphatic rings. The number of rotatable bonds is 4. The molecule has 0 aromatic heterocycles. The second-order valence-corrected chi connectivity index (χ2v) is 4.68. The summed E-state index contributed by atoms with van der Waals surface area (Å²) in [4.78, 5) is 4.37. The van der Waals surface area contributed by atoms with Crippen LogP contribution in [0.3, 0.4) is 0 Å². The summed E-state index contributed by atoms with van der Waals surface area (Å²) >= 11 is 6.05. The molecule has 0 aliphatic heterocycles. The first-order valence-electron chi connectivity index (χ1n) is 6.37. The minimum Gasteiger partial charge on any atom is -0.504 e. The molecule has 0 amide bonds. The Kier molecular flexibility index (Phi) is 4.64. The molecule has 0 spiro atoms. The number of halogens is 1. The number of benzene rings is 2. The maximum atomic E-state index is 10.1. The van der Waals surface area contributed by atoms with Crippen LogP contribution >= 0.6 is 11.6 Å². The summed E-state index contributed by atoms with van der Waals surface area (Å²) < 4.78 is 5.34. The van der Waals surface area contributed by atoms with E-state index in [0.717, 1.165) is 11.3 Å². The summed E-state index contributed by atoms with van der Waals surface area (Å²) in [5.41, 5.74) is 2.29. The van der Waals surface area contributed by atoms with Crippen LogP contribution in [0.5, 0.6) is 11.5 Å². The summed E-state index contributed by atoms with van der Waals surface area (Å²) in [6, 6.07) is 10.9. The quantitative estimate of drug-likeness (QED) is 0.842. The van der Waals surface area contributed by atoms with Crippen molar-refractivity contribution in [3.63, 3.8) is 0 Å². The first kappa shape index (κ1) is 14.4. The number of nitrogens with zero attached hydrogens (tertiary/aromatic N) is 1. The number of hydrogen-bond donors (Lipinski definition) is 1. The number of ether oxygens (including phenoxy) is 1. The monoisotopic (exact) mass is 289 g/mol. The lowest BCUT2D eigenvalue weighted by Gasteiger charge is -2.07. The summed E-state index contributed by atoms with van der Waals surface area (Å²) in [7, 11) is 0. The van der Waals surface area contributed by atoms with Gasteiger partial charge >= 0.3 is 0 Å².